The van der Waals surface area contributed by atoms with Crippen LogP contribution in [0.25, 0.3) is 0 Å². The zero-order valence-corrected chi connectivity index (χ0v) is 10.4. The Balaban J connectivity index is 2.11. The second-order valence-corrected chi connectivity index (χ2v) is 4.86. The normalized spacial score (nSPS) is 10.2. The molecule has 0 aromatic carbocycles. The highest BCUT2D eigenvalue weighted by atomic mass is 32.1. The summed E-state index contributed by atoms with van der Waals surface area (Å²) >= 11 is 1.59. The van der Waals surface area contributed by atoms with Gasteiger partial charge in [-0.05, 0) is 19.1 Å². The van der Waals surface area contributed by atoms with E-state index >= 15 is 0 Å². The molecule has 0 fully saturated rings. The van der Waals surface area contributed by atoms with Crippen LogP contribution in [0.1, 0.15) is 9.75 Å². The molecule has 0 bridgehead atoms. The van der Waals surface area contributed by atoms with Gasteiger partial charge in [0.05, 0.1) is 13.0 Å². The molecule has 1 rings (SSSR count). The number of thiophene rings is 1. The van der Waals surface area contributed by atoms with Crippen LogP contribution in [0, 0.1) is 6.92 Å². The second-order valence-electron chi connectivity index (χ2n) is 3.49. The molecule has 0 unspecified atom stereocenters. The Labute approximate surface area is 103 Å². The number of ether oxygens (including phenoxy) is 1. The van der Waals surface area contributed by atoms with Crippen LogP contribution < -0.4 is 5.32 Å². The molecule has 94 valence electrons. The molecule has 0 aliphatic carbocycles. The van der Waals surface area contributed by atoms with Crippen molar-refractivity contribution in [2.45, 2.75) is 13.3 Å². The summed E-state index contributed by atoms with van der Waals surface area (Å²) in [5.74, 6) is -1.09. The van der Waals surface area contributed by atoms with E-state index in [9.17, 15) is 9.59 Å². The molecule has 0 atom stereocenters. The second kappa shape index (κ2) is 7.03. The Morgan fingerprint density at radius 3 is 2.82 bits per heavy atom. The van der Waals surface area contributed by atoms with Crippen molar-refractivity contribution in [2.75, 3.05) is 19.8 Å². The van der Waals surface area contributed by atoms with Gasteiger partial charge in [0.2, 0.25) is 5.91 Å². The Morgan fingerprint density at radius 2 is 2.24 bits per heavy atom. The number of carboxylic acids is 1. The molecule has 17 heavy (non-hydrogen) atoms. The van der Waals surface area contributed by atoms with Gasteiger partial charge in [0, 0.05) is 16.3 Å². The third-order valence-corrected chi connectivity index (χ3v) is 2.93. The first kappa shape index (κ1) is 13.7. The predicted octanol–water partition coefficient (Wildman–Crippen LogP) is 0.816. The van der Waals surface area contributed by atoms with Gasteiger partial charge in [-0.3, -0.25) is 4.79 Å². The number of nitrogens with one attached hydrogen (secondary N) is 1. The molecule has 0 radical (unpaired) electrons. The minimum Gasteiger partial charge on any atom is -0.480 e. The van der Waals surface area contributed by atoms with Crippen LogP contribution >= 0.6 is 11.3 Å². The number of rotatable bonds is 7. The summed E-state index contributed by atoms with van der Waals surface area (Å²) in [7, 11) is 0. The van der Waals surface area contributed by atoms with Gasteiger partial charge in [0.1, 0.15) is 6.61 Å². The molecule has 1 heterocycles. The smallest absolute Gasteiger partial charge is 0.329 e. The summed E-state index contributed by atoms with van der Waals surface area (Å²) in [6.07, 6.45) is 0.359. The Bertz CT molecular complexity index is 389. The lowest BCUT2D eigenvalue weighted by Gasteiger charge is -2.04. The van der Waals surface area contributed by atoms with Crippen molar-refractivity contribution in [3.63, 3.8) is 0 Å². The van der Waals surface area contributed by atoms with Gasteiger partial charge in [-0.25, -0.2) is 4.79 Å². The maximum Gasteiger partial charge on any atom is 0.329 e. The molecule has 6 heteroatoms. The monoisotopic (exact) mass is 257 g/mol. The van der Waals surface area contributed by atoms with Gasteiger partial charge in [-0.1, -0.05) is 0 Å². The molecule has 1 aromatic heterocycles. The molecule has 1 aromatic rings. The van der Waals surface area contributed by atoms with E-state index < -0.39 is 5.97 Å². The first-order valence-electron chi connectivity index (χ1n) is 5.19. The van der Waals surface area contributed by atoms with Crippen molar-refractivity contribution in [3.8, 4) is 0 Å². The van der Waals surface area contributed by atoms with Crippen LogP contribution in [0.2, 0.25) is 0 Å². The number of aryl methyl sites for hydroxylation is 1. The number of hydrogen-bond donors (Lipinski definition) is 2. The average Bonchev–Trinajstić information content (AvgIpc) is 2.63. The van der Waals surface area contributed by atoms with Crippen molar-refractivity contribution in [1.29, 1.82) is 0 Å². The largest absolute Gasteiger partial charge is 0.480 e. The lowest BCUT2D eigenvalue weighted by molar-refractivity contribution is -0.142. The van der Waals surface area contributed by atoms with Gasteiger partial charge in [0.25, 0.3) is 0 Å². The molecule has 0 aliphatic rings. The van der Waals surface area contributed by atoms with Gasteiger partial charge < -0.3 is 15.2 Å². The average molecular weight is 257 g/mol. The van der Waals surface area contributed by atoms with Gasteiger partial charge in [0.15, 0.2) is 0 Å². The van der Waals surface area contributed by atoms with Crippen LogP contribution in [0.15, 0.2) is 12.1 Å². The van der Waals surface area contributed by atoms with Crippen LogP contribution in [0.5, 0.6) is 0 Å². The maximum atomic E-state index is 11.4. The van der Waals surface area contributed by atoms with Crippen LogP contribution in [0.4, 0.5) is 0 Å². The van der Waals surface area contributed by atoms with E-state index in [1.54, 1.807) is 11.3 Å². The highest BCUT2D eigenvalue weighted by molar-refractivity contribution is 7.12. The Hall–Kier alpha value is -1.40. The fourth-order valence-electron chi connectivity index (χ4n) is 1.22. The third kappa shape index (κ3) is 6.03. The zero-order valence-electron chi connectivity index (χ0n) is 9.56. The summed E-state index contributed by atoms with van der Waals surface area (Å²) in [6.45, 7) is 2.20. The number of aliphatic carboxylic acids is 1. The van der Waals surface area contributed by atoms with Crippen LogP contribution in [-0.4, -0.2) is 36.7 Å². The Morgan fingerprint density at radius 1 is 1.47 bits per heavy atom. The van der Waals surface area contributed by atoms with E-state index in [2.05, 4.69) is 5.32 Å². The molecule has 5 nitrogen and oxygen atoms in total. The van der Waals surface area contributed by atoms with Gasteiger partial charge in [-0.2, -0.15) is 0 Å². The van der Waals surface area contributed by atoms with Crippen molar-refractivity contribution < 1.29 is 19.4 Å². The summed E-state index contributed by atoms with van der Waals surface area (Å²) in [4.78, 5) is 23.8. The third-order valence-electron chi connectivity index (χ3n) is 1.92. The first-order chi connectivity index (χ1) is 8.08. The molecular formula is C11H15NO4S. The fourth-order valence-corrected chi connectivity index (χ4v) is 2.11. The topological polar surface area (TPSA) is 75.6 Å². The van der Waals surface area contributed by atoms with E-state index in [0.29, 0.717) is 13.0 Å². The van der Waals surface area contributed by atoms with E-state index in [-0.39, 0.29) is 19.1 Å². The van der Waals surface area contributed by atoms with E-state index in [1.165, 1.54) is 4.88 Å². The first-order valence-corrected chi connectivity index (χ1v) is 6.01. The lowest BCUT2D eigenvalue weighted by Crippen LogP contribution is -2.29. The standard InChI is InChI=1S/C11H15NO4S/c1-8-2-3-9(17-8)6-10(13)12-4-5-16-7-11(14)15/h2-3H,4-7H2,1H3,(H,12,13)(H,14,15). The van der Waals surface area contributed by atoms with Crippen LogP contribution in [0.3, 0.4) is 0 Å². The predicted molar refractivity (Wildman–Crippen MR) is 64.2 cm³/mol. The van der Waals surface area contributed by atoms with Gasteiger partial charge >= 0.3 is 5.97 Å². The van der Waals surface area contributed by atoms with Crippen LogP contribution in [-0.2, 0) is 20.7 Å². The molecular weight excluding hydrogens is 242 g/mol. The van der Waals surface area contributed by atoms with Crippen molar-refractivity contribution in [3.05, 3.63) is 21.9 Å². The molecule has 0 aliphatic heterocycles. The number of carboxylic acid groups (broad SMARTS) is 1. The molecule has 2 N–H and O–H groups in total. The minimum atomic E-state index is -1.01. The zero-order chi connectivity index (χ0) is 12.7. The number of carbonyl (C=O) groups is 2. The number of amides is 1. The minimum absolute atomic E-state index is 0.0780. The number of carbonyl (C=O) groups excluding carboxylic acids is 1. The molecule has 0 saturated carbocycles. The number of hydrogen-bond acceptors (Lipinski definition) is 4. The van der Waals surface area contributed by atoms with E-state index in [1.807, 2.05) is 19.1 Å². The SMILES string of the molecule is Cc1ccc(CC(=O)NCCOCC(=O)O)s1. The highest BCUT2D eigenvalue weighted by Gasteiger charge is 2.04. The lowest BCUT2D eigenvalue weighted by atomic mass is 10.3. The van der Waals surface area contributed by atoms with E-state index in [0.717, 1.165) is 4.88 Å². The summed E-state index contributed by atoms with van der Waals surface area (Å²) in [6, 6.07) is 3.91. The van der Waals surface area contributed by atoms with Crippen molar-refractivity contribution >= 4 is 23.2 Å². The quantitative estimate of drug-likeness (QED) is 0.709. The van der Waals surface area contributed by atoms with Gasteiger partial charge in [-0.15, -0.1) is 11.3 Å². The summed E-state index contributed by atoms with van der Waals surface area (Å²) < 4.78 is 4.79. The molecule has 0 spiro atoms. The fraction of sp³-hybridized carbons (Fsp3) is 0.455. The summed E-state index contributed by atoms with van der Waals surface area (Å²) in [5, 5.41) is 11.0. The van der Waals surface area contributed by atoms with Crippen molar-refractivity contribution in [1.82, 2.24) is 5.32 Å². The maximum absolute atomic E-state index is 11.4. The summed E-state index contributed by atoms with van der Waals surface area (Å²) in [5.41, 5.74) is 0. The Kier molecular flexibility index (Phi) is 5.65. The highest BCUT2D eigenvalue weighted by Crippen LogP contribution is 2.15. The molecule has 0 saturated heterocycles. The van der Waals surface area contributed by atoms with Crippen molar-refractivity contribution in [2.24, 2.45) is 0 Å². The van der Waals surface area contributed by atoms with E-state index in [4.69, 9.17) is 9.84 Å². The molecule has 1 amide bonds.